The molecule has 0 aromatic heterocycles. The van der Waals surface area contributed by atoms with Crippen LogP contribution in [-0.2, 0) is 0 Å². The van der Waals surface area contributed by atoms with Crippen LogP contribution in [0.3, 0.4) is 0 Å². The van der Waals surface area contributed by atoms with Gasteiger partial charge in [0.1, 0.15) is 12.6 Å². The Kier molecular flexibility index (Phi) is 5.90. The van der Waals surface area contributed by atoms with Crippen LogP contribution in [0, 0.1) is 0 Å². The van der Waals surface area contributed by atoms with E-state index in [0.29, 0.717) is 0 Å². The number of aliphatic hydroxyl groups excluding tert-OH is 1. The predicted molar refractivity (Wildman–Crippen MR) is 45.9 cm³/mol. The topological polar surface area (TPSA) is 20.2 Å². The van der Waals surface area contributed by atoms with E-state index in [4.69, 9.17) is 0 Å². The van der Waals surface area contributed by atoms with Gasteiger partial charge >= 0.3 is 0 Å². The Morgan fingerprint density at radius 3 is 1.80 bits per heavy atom. The largest absolute Gasteiger partial charge is 0.387 e. The van der Waals surface area contributed by atoms with Crippen LogP contribution in [0.4, 0.5) is 0 Å². The summed E-state index contributed by atoms with van der Waals surface area (Å²) in [4.78, 5) is 0. The van der Waals surface area contributed by atoms with Gasteiger partial charge in [-0.1, -0.05) is 14.4 Å². The molecule has 0 aliphatic carbocycles. The number of rotatable bonds is 3. The fourth-order valence-corrected chi connectivity index (χ4v) is 0.761. The van der Waals surface area contributed by atoms with Crippen molar-refractivity contribution < 1.29 is 9.59 Å². The number of aliphatic hydroxyl groups is 1. The molecule has 0 aliphatic rings. The van der Waals surface area contributed by atoms with E-state index in [1.807, 2.05) is 6.92 Å². The van der Waals surface area contributed by atoms with Crippen molar-refractivity contribution in [3.63, 3.8) is 0 Å². The molecule has 2 heteroatoms. The van der Waals surface area contributed by atoms with Gasteiger partial charge in [0.05, 0.1) is 21.1 Å². The number of hydrogen-bond donors (Lipinski definition) is 1. The Morgan fingerprint density at radius 2 is 1.70 bits per heavy atom. The van der Waals surface area contributed by atoms with Gasteiger partial charge in [-0.2, -0.15) is 0 Å². The number of likely N-dealkylation sites (N-methyl/N-ethyl adjacent to an activating group) is 1. The number of quaternary nitrogens is 1. The molecule has 0 heterocycles. The molecular formula is C8H22NO+. The molecular weight excluding hydrogens is 126 g/mol. The highest BCUT2D eigenvalue weighted by Gasteiger charge is 2.12. The molecule has 0 radical (unpaired) electrons. The highest BCUT2D eigenvalue weighted by Crippen LogP contribution is 1.97. The SMILES string of the molecule is C.CCC(O)C[N+](C)(C)C. The van der Waals surface area contributed by atoms with Crippen LogP contribution in [0.5, 0.6) is 0 Å². The van der Waals surface area contributed by atoms with E-state index in [1.54, 1.807) is 0 Å². The monoisotopic (exact) mass is 148 g/mol. The Bertz CT molecular complexity index is 75.8. The van der Waals surface area contributed by atoms with Gasteiger partial charge in [0.25, 0.3) is 0 Å². The van der Waals surface area contributed by atoms with E-state index >= 15 is 0 Å². The lowest BCUT2D eigenvalue weighted by Crippen LogP contribution is -2.41. The van der Waals surface area contributed by atoms with Gasteiger partial charge in [-0.15, -0.1) is 0 Å². The van der Waals surface area contributed by atoms with Crippen molar-refractivity contribution >= 4 is 0 Å². The first-order valence-electron chi connectivity index (χ1n) is 3.44. The van der Waals surface area contributed by atoms with E-state index < -0.39 is 0 Å². The fraction of sp³-hybridized carbons (Fsp3) is 1.00. The Hall–Kier alpha value is -0.0800. The summed E-state index contributed by atoms with van der Waals surface area (Å²) in [6, 6.07) is 0. The average Bonchev–Trinajstić information content (AvgIpc) is 1.62. The molecule has 2 nitrogen and oxygen atoms in total. The van der Waals surface area contributed by atoms with Gasteiger partial charge in [-0.05, 0) is 6.42 Å². The van der Waals surface area contributed by atoms with Crippen molar-refractivity contribution in [1.82, 2.24) is 0 Å². The van der Waals surface area contributed by atoms with Gasteiger partial charge in [-0.25, -0.2) is 0 Å². The van der Waals surface area contributed by atoms with Crippen molar-refractivity contribution in [1.29, 1.82) is 0 Å². The fourth-order valence-electron chi connectivity index (χ4n) is 0.761. The van der Waals surface area contributed by atoms with E-state index in [2.05, 4.69) is 21.1 Å². The first kappa shape index (κ1) is 12.6. The summed E-state index contributed by atoms with van der Waals surface area (Å²) in [6.45, 7) is 2.84. The molecule has 1 N–H and O–H groups in total. The second-order valence-electron chi connectivity index (χ2n) is 3.53. The molecule has 0 aromatic rings. The molecule has 0 spiro atoms. The molecule has 0 saturated carbocycles. The van der Waals surface area contributed by atoms with Crippen LogP contribution in [0.2, 0.25) is 0 Å². The summed E-state index contributed by atoms with van der Waals surface area (Å²) in [5.41, 5.74) is 0. The molecule has 1 atom stereocenters. The summed E-state index contributed by atoms with van der Waals surface area (Å²) in [5, 5.41) is 9.18. The smallest absolute Gasteiger partial charge is 0.104 e. The molecule has 0 saturated heterocycles. The lowest BCUT2D eigenvalue weighted by atomic mass is 10.2. The maximum atomic E-state index is 9.18. The van der Waals surface area contributed by atoms with Gasteiger partial charge in [0.2, 0.25) is 0 Å². The highest BCUT2D eigenvalue weighted by atomic mass is 16.3. The zero-order chi connectivity index (χ0) is 7.49. The van der Waals surface area contributed by atoms with E-state index in [-0.39, 0.29) is 13.5 Å². The molecule has 0 bridgehead atoms. The minimum absolute atomic E-state index is 0. The minimum Gasteiger partial charge on any atom is -0.387 e. The summed E-state index contributed by atoms with van der Waals surface area (Å²) in [7, 11) is 6.25. The van der Waals surface area contributed by atoms with E-state index in [0.717, 1.165) is 17.4 Å². The average molecular weight is 148 g/mol. The third-order valence-corrected chi connectivity index (χ3v) is 1.23. The first-order valence-corrected chi connectivity index (χ1v) is 3.44. The van der Waals surface area contributed by atoms with Crippen LogP contribution < -0.4 is 0 Å². The third kappa shape index (κ3) is 7.92. The predicted octanol–water partition coefficient (Wildman–Crippen LogP) is 1.10. The van der Waals surface area contributed by atoms with Crippen molar-refractivity contribution in [3.8, 4) is 0 Å². The molecule has 0 aromatic carbocycles. The zero-order valence-electron chi connectivity index (χ0n) is 6.89. The first-order chi connectivity index (χ1) is 3.95. The van der Waals surface area contributed by atoms with Crippen molar-refractivity contribution in [3.05, 3.63) is 0 Å². The van der Waals surface area contributed by atoms with Crippen LogP contribution in [0.1, 0.15) is 20.8 Å². The Morgan fingerprint density at radius 1 is 1.30 bits per heavy atom. The van der Waals surface area contributed by atoms with Gasteiger partial charge in [0, 0.05) is 0 Å². The lowest BCUT2D eigenvalue weighted by molar-refractivity contribution is -0.873. The molecule has 0 amide bonds. The van der Waals surface area contributed by atoms with E-state index in [9.17, 15) is 5.11 Å². The van der Waals surface area contributed by atoms with Crippen LogP contribution in [0.15, 0.2) is 0 Å². The van der Waals surface area contributed by atoms with Crippen LogP contribution in [0.25, 0.3) is 0 Å². The molecule has 1 unspecified atom stereocenters. The molecule has 64 valence electrons. The van der Waals surface area contributed by atoms with Crippen LogP contribution >= 0.6 is 0 Å². The number of nitrogens with zero attached hydrogens (tertiary/aromatic N) is 1. The number of hydrogen-bond acceptors (Lipinski definition) is 1. The molecule has 10 heavy (non-hydrogen) atoms. The van der Waals surface area contributed by atoms with E-state index in [1.165, 1.54) is 0 Å². The summed E-state index contributed by atoms with van der Waals surface area (Å²) >= 11 is 0. The Labute approximate surface area is 65.1 Å². The maximum Gasteiger partial charge on any atom is 0.104 e. The minimum atomic E-state index is -0.134. The lowest BCUT2D eigenvalue weighted by Gasteiger charge is -2.26. The van der Waals surface area contributed by atoms with Crippen molar-refractivity contribution in [2.24, 2.45) is 0 Å². The molecule has 0 fully saturated rings. The summed E-state index contributed by atoms with van der Waals surface area (Å²) in [6.07, 6.45) is 0.722. The third-order valence-electron chi connectivity index (χ3n) is 1.23. The summed E-state index contributed by atoms with van der Waals surface area (Å²) < 4.78 is 0.842. The normalized spacial score (nSPS) is 14.1. The molecule has 0 aliphatic heterocycles. The van der Waals surface area contributed by atoms with Crippen LogP contribution in [-0.4, -0.2) is 43.4 Å². The second-order valence-corrected chi connectivity index (χ2v) is 3.53. The van der Waals surface area contributed by atoms with Crippen molar-refractivity contribution in [2.75, 3.05) is 27.7 Å². The summed E-state index contributed by atoms with van der Waals surface area (Å²) in [5.74, 6) is 0. The standard InChI is InChI=1S/C7H18NO.CH4/c1-5-7(9)6-8(2,3)4;/h7,9H,5-6H2,1-4H3;1H4/q+1;. The Balaban J connectivity index is 0. The maximum absolute atomic E-state index is 9.18. The highest BCUT2D eigenvalue weighted by molar-refractivity contribution is 4.47. The van der Waals surface area contributed by atoms with Gasteiger partial charge < -0.3 is 9.59 Å². The zero-order valence-corrected chi connectivity index (χ0v) is 6.89. The second kappa shape index (κ2) is 4.69. The van der Waals surface area contributed by atoms with Crippen molar-refractivity contribution in [2.45, 2.75) is 26.9 Å². The molecule has 0 rings (SSSR count). The quantitative estimate of drug-likeness (QED) is 0.594. The van der Waals surface area contributed by atoms with Gasteiger partial charge in [0.15, 0.2) is 0 Å². The van der Waals surface area contributed by atoms with Gasteiger partial charge in [-0.3, -0.25) is 0 Å².